The number of hydrogen-bond donors (Lipinski definition) is 2. The Bertz CT molecular complexity index is 1400. The van der Waals surface area contributed by atoms with Gasteiger partial charge in [-0.3, -0.25) is 9.36 Å². The van der Waals surface area contributed by atoms with Crippen molar-refractivity contribution in [2.75, 3.05) is 11.1 Å². The van der Waals surface area contributed by atoms with Gasteiger partial charge in [0.15, 0.2) is 0 Å². The molecule has 0 saturated carbocycles. The third kappa shape index (κ3) is 3.71. The van der Waals surface area contributed by atoms with Crippen LogP contribution in [0.2, 0.25) is 0 Å². The first-order chi connectivity index (χ1) is 14.9. The highest BCUT2D eigenvalue weighted by atomic mass is 16.1. The van der Waals surface area contributed by atoms with E-state index in [0.29, 0.717) is 11.2 Å². The second-order valence-corrected chi connectivity index (χ2v) is 7.53. The fraction of sp³-hybridized carbons (Fsp3) is 0.167. The Morgan fingerprint density at radius 2 is 1.94 bits per heavy atom. The van der Waals surface area contributed by atoms with Crippen molar-refractivity contribution < 1.29 is 0 Å². The predicted octanol–water partition coefficient (Wildman–Crippen LogP) is 4.70. The first-order valence-corrected chi connectivity index (χ1v) is 9.88. The summed E-state index contributed by atoms with van der Waals surface area (Å²) in [4.78, 5) is 25.2. The Balaban J connectivity index is 1.95. The molecule has 7 nitrogen and oxygen atoms in total. The summed E-state index contributed by atoms with van der Waals surface area (Å²) in [5.74, 6) is 0.412. The number of anilines is 2. The second kappa shape index (κ2) is 7.92. The number of aromatic nitrogens is 3. The fourth-order valence-electron chi connectivity index (χ4n) is 3.76. The number of nitrogens with zero attached hydrogens (tertiary/aromatic N) is 4. The fourth-order valence-corrected chi connectivity index (χ4v) is 3.76. The standard InChI is InChI=1S/C24H22N6O/c1-14-7-5-10-18(11-14)30-20(12-17-9-6-8-15(2)21(17)23(30)31)16(3)28-22-19(26-4)13-27-24(25)29-22/h5-13,16H,1-3H3,(H3,25,27,28,29)/t16-/m0/s1. The number of nitrogen functional groups attached to an aromatic ring is 1. The molecule has 0 bridgehead atoms. The van der Waals surface area contributed by atoms with Gasteiger partial charge in [-0.15, -0.1) is 0 Å². The minimum Gasteiger partial charge on any atom is -0.371 e. The van der Waals surface area contributed by atoms with Crippen molar-refractivity contribution in [2.24, 2.45) is 0 Å². The van der Waals surface area contributed by atoms with Crippen molar-refractivity contribution in [2.45, 2.75) is 26.8 Å². The molecule has 2 aromatic heterocycles. The molecule has 4 rings (SSSR count). The molecule has 0 aliphatic rings. The molecule has 1 atom stereocenters. The number of rotatable bonds is 4. The van der Waals surface area contributed by atoms with Crippen LogP contribution in [0.3, 0.4) is 0 Å². The molecular formula is C24H22N6O. The maximum Gasteiger partial charge on any atom is 0.263 e. The van der Waals surface area contributed by atoms with E-state index in [0.717, 1.165) is 27.9 Å². The van der Waals surface area contributed by atoms with E-state index in [-0.39, 0.29) is 23.2 Å². The van der Waals surface area contributed by atoms with Crippen LogP contribution in [0.25, 0.3) is 21.3 Å². The van der Waals surface area contributed by atoms with E-state index in [1.807, 2.05) is 69.3 Å². The van der Waals surface area contributed by atoms with E-state index in [9.17, 15) is 4.79 Å². The third-order valence-electron chi connectivity index (χ3n) is 5.25. The zero-order valence-electron chi connectivity index (χ0n) is 17.5. The first-order valence-electron chi connectivity index (χ1n) is 9.88. The van der Waals surface area contributed by atoms with E-state index >= 15 is 0 Å². The van der Waals surface area contributed by atoms with Gasteiger partial charge < -0.3 is 11.1 Å². The van der Waals surface area contributed by atoms with Gasteiger partial charge in [-0.2, -0.15) is 0 Å². The largest absolute Gasteiger partial charge is 0.371 e. The van der Waals surface area contributed by atoms with Crippen molar-refractivity contribution in [1.82, 2.24) is 14.5 Å². The molecule has 0 unspecified atom stereocenters. The highest BCUT2D eigenvalue weighted by Gasteiger charge is 2.19. The number of pyridine rings is 1. The van der Waals surface area contributed by atoms with Crippen LogP contribution < -0.4 is 16.6 Å². The summed E-state index contributed by atoms with van der Waals surface area (Å²) in [5, 5.41) is 4.80. The molecular weight excluding hydrogens is 388 g/mol. The quantitative estimate of drug-likeness (QED) is 0.476. The Morgan fingerprint density at radius 3 is 2.68 bits per heavy atom. The van der Waals surface area contributed by atoms with Crippen molar-refractivity contribution in [1.29, 1.82) is 0 Å². The Hall–Kier alpha value is -4.18. The number of fused-ring (bicyclic) bond motifs is 1. The average molecular weight is 410 g/mol. The molecule has 4 aromatic rings. The molecule has 0 fully saturated rings. The molecule has 0 saturated heterocycles. The van der Waals surface area contributed by atoms with Crippen LogP contribution in [0.1, 0.15) is 29.8 Å². The molecule has 2 heterocycles. The first kappa shape index (κ1) is 20.1. The van der Waals surface area contributed by atoms with Crippen LogP contribution in [-0.4, -0.2) is 14.5 Å². The molecule has 154 valence electrons. The van der Waals surface area contributed by atoms with Gasteiger partial charge in [-0.25, -0.2) is 14.8 Å². The van der Waals surface area contributed by atoms with E-state index in [4.69, 9.17) is 12.3 Å². The van der Waals surface area contributed by atoms with Crippen LogP contribution in [0.5, 0.6) is 0 Å². The third-order valence-corrected chi connectivity index (χ3v) is 5.25. The zero-order chi connectivity index (χ0) is 22.1. The molecule has 7 heteroatoms. The SMILES string of the molecule is [C-]#[N+]c1cnc(N)nc1N[C@@H](C)c1cc2cccc(C)c2c(=O)n1-c1cccc(C)c1. The van der Waals surface area contributed by atoms with Crippen molar-refractivity contribution >= 4 is 28.2 Å². The minimum atomic E-state index is -0.340. The lowest BCUT2D eigenvalue weighted by molar-refractivity contribution is 0.773. The number of nitrogens with two attached hydrogens (primary N) is 1. The smallest absolute Gasteiger partial charge is 0.263 e. The monoisotopic (exact) mass is 410 g/mol. The highest BCUT2D eigenvalue weighted by Crippen LogP contribution is 2.29. The predicted molar refractivity (Wildman–Crippen MR) is 124 cm³/mol. The molecule has 2 aromatic carbocycles. The van der Waals surface area contributed by atoms with Crippen LogP contribution in [-0.2, 0) is 0 Å². The van der Waals surface area contributed by atoms with Crippen LogP contribution >= 0.6 is 0 Å². The summed E-state index contributed by atoms with van der Waals surface area (Å²) < 4.78 is 1.72. The molecule has 0 aliphatic carbocycles. The van der Waals surface area contributed by atoms with Gasteiger partial charge in [-0.1, -0.05) is 30.3 Å². The number of aryl methyl sites for hydroxylation is 2. The maximum atomic E-state index is 13.7. The maximum absolute atomic E-state index is 13.7. The van der Waals surface area contributed by atoms with Crippen LogP contribution in [0, 0.1) is 20.4 Å². The Morgan fingerprint density at radius 1 is 1.16 bits per heavy atom. The average Bonchev–Trinajstić information content (AvgIpc) is 2.73. The zero-order valence-corrected chi connectivity index (χ0v) is 17.5. The summed E-state index contributed by atoms with van der Waals surface area (Å²) in [6, 6.07) is 15.3. The normalized spacial score (nSPS) is 11.8. The van der Waals surface area contributed by atoms with E-state index in [2.05, 4.69) is 20.1 Å². The molecule has 0 spiro atoms. The molecule has 0 aliphatic heterocycles. The Labute approximate surface area is 180 Å². The van der Waals surface area contributed by atoms with Crippen LogP contribution in [0.15, 0.2) is 59.5 Å². The van der Waals surface area contributed by atoms with Crippen molar-refractivity contribution in [3.05, 3.63) is 93.3 Å². The van der Waals surface area contributed by atoms with Gasteiger partial charge in [0.1, 0.15) is 5.82 Å². The molecule has 31 heavy (non-hydrogen) atoms. The molecule has 3 N–H and O–H groups in total. The van der Waals surface area contributed by atoms with E-state index < -0.39 is 0 Å². The van der Waals surface area contributed by atoms with Gasteiger partial charge in [-0.05, 0) is 55.5 Å². The summed E-state index contributed by atoms with van der Waals surface area (Å²) in [6.45, 7) is 13.2. The summed E-state index contributed by atoms with van der Waals surface area (Å²) in [5.41, 5.74) is 9.43. The van der Waals surface area contributed by atoms with Crippen LogP contribution in [0.4, 0.5) is 17.5 Å². The topological polar surface area (TPSA) is 90.2 Å². The number of hydrogen-bond acceptors (Lipinski definition) is 5. The number of benzene rings is 2. The summed E-state index contributed by atoms with van der Waals surface area (Å²) in [7, 11) is 0. The highest BCUT2D eigenvalue weighted by molar-refractivity contribution is 5.85. The summed E-state index contributed by atoms with van der Waals surface area (Å²) in [6.07, 6.45) is 1.39. The van der Waals surface area contributed by atoms with Gasteiger partial charge in [0.2, 0.25) is 11.6 Å². The van der Waals surface area contributed by atoms with Gasteiger partial charge in [0.05, 0.1) is 18.0 Å². The van der Waals surface area contributed by atoms with Crippen molar-refractivity contribution in [3.8, 4) is 5.69 Å². The van der Waals surface area contributed by atoms with Crippen molar-refractivity contribution in [3.63, 3.8) is 0 Å². The van der Waals surface area contributed by atoms with Gasteiger partial charge in [0.25, 0.3) is 5.56 Å². The molecule has 0 radical (unpaired) electrons. The lowest BCUT2D eigenvalue weighted by atomic mass is 10.0. The lowest BCUT2D eigenvalue weighted by Gasteiger charge is -2.22. The number of nitrogens with one attached hydrogen (secondary N) is 1. The summed E-state index contributed by atoms with van der Waals surface area (Å²) >= 11 is 0. The lowest BCUT2D eigenvalue weighted by Crippen LogP contribution is -2.26. The second-order valence-electron chi connectivity index (χ2n) is 7.53. The van der Waals surface area contributed by atoms with Gasteiger partial charge in [0, 0.05) is 17.6 Å². The Kier molecular flexibility index (Phi) is 5.14. The van der Waals surface area contributed by atoms with Gasteiger partial charge >= 0.3 is 0 Å². The van der Waals surface area contributed by atoms with E-state index in [1.54, 1.807) is 4.57 Å². The minimum absolute atomic E-state index is 0.0762. The molecule has 0 amide bonds. The van der Waals surface area contributed by atoms with E-state index in [1.165, 1.54) is 6.20 Å².